The van der Waals surface area contributed by atoms with Gasteiger partial charge in [-0.05, 0) is 43.5 Å². The van der Waals surface area contributed by atoms with Crippen molar-refractivity contribution in [1.82, 2.24) is 10.6 Å². The quantitative estimate of drug-likeness (QED) is 0.907. The second kappa shape index (κ2) is 5.98. The third-order valence-electron chi connectivity index (χ3n) is 4.82. The van der Waals surface area contributed by atoms with Crippen molar-refractivity contribution in [1.29, 1.82) is 0 Å². The largest absolute Gasteiger partial charge is 0.496 e. The van der Waals surface area contributed by atoms with Gasteiger partial charge in [-0.25, -0.2) is 0 Å². The average Bonchev–Trinajstić information content (AvgIpc) is 3.31. The first-order valence-electron chi connectivity index (χ1n) is 8.05. The molecular weight excluding hydrogens is 308 g/mol. The molecule has 5 heteroatoms. The number of nitrogens with one attached hydrogen (secondary N) is 2. The number of carbonyl (C=O) groups excluding carboxylic acids is 1. The van der Waals surface area contributed by atoms with E-state index in [1.54, 1.807) is 7.11 Å². The molecule has 1 aromatic carbocycles. The number of methoxy groups -OCH3 is 1. The minimum Gasteiger partial charge on any atom is -0.496 e. The number of hydrogen-bond acceptors (Lipinski definition) is 4. The third kappa shape index (κ3) is 2.75. The Morgan fingerprint density at radius 1 is 1.26 bits per heavy atom. The molecule has 0 spiro atoms. The molecule has 2 N–H and O–H groups in total. The van der Waals surface area contributed by atoms with E-state index in [0.29, 0.717) is 12.1 Å². The molecule has 0 aliphatic carbocycles. The fourth-order valence-corrected chi connectivity index (χ4v) is 4.62. The number of rotatable bonds is 4. The van der Waals surface area contributed by atoms with E-state index in [-0.39, 0.29) is 11.9 Å². The summed E-state index contributed by atoms with van der Waals surface area (Å²) in [6, 6.07) is 13.1. The zero-order valence-electron chi connectivity index (χ0n) is 13.0. The van der Waals surface area contributed by atoms with Gasteiger partial charge in [-0.15, -0.1) is 11.3 Å². The fourth-order valence-electron chi connectivity index (χ4n) is 3.68. The van der Waals surface area contributed by atoms with Gasteiger partial charge in [0, 0.05) is 28.6 Å². The van der Waals surface area contributed by atoms with Crippen LogP contribution in [0.5, 0.6) is 5.75 Å². The molecule has 2 aliphatic rings. The van der Waals surface area contributed by atoms with E-state index in [4.69, 9.17) is 4.74 Å². The van der Waals surface area contributed by atoms with Crippen LogP contribution < -0.4 is 15.4 Å². The van der Waals surface area contributed by atoms with Crippen molar-refractivity contribution in [3.63, 3.8) is 0 Å². The summed E-state index contributed by atoms with van der Waals surface area (Å²) in [6.07, 6.45) is 3.47. The van der Waals surface area contributed by atoms with Crippen molar-refractivity contribution in [3.05, 3.63) is 41.3 Å². The molecule has 23 heavy (non-hydrogen) atoms. The van der Waals surface area contributed by atoms with E-state index >= 15 is 0 Å². The van der Waals surface area contributed by atoms with Crippen molar-refractivity contribution < 1.29 is 9.53 Å². The Morgan fingerprint density at radius 2 is 2.13 bits per heavy atom. The molecule has 2 aromatic rings. The van der Waals surface area contributed by atoms with E-state index in [9.17, 15) is 4.79 Å². The van der Waals surface area contributed by atoms with Gasteiger partial charge in [0.25, 0.3) is 5.91 Å². The predicted molar refractivity (Wildman–Crippen MR) is 92.1 cm³/mol. The van der Waals surface area contributed by atoms with Crippen molar-refractivity contribution in [3.8, 4) is 16.2 Å². The van der Waals surface area contributed by atoms with Gasteiger partial charge in [-0.1, -0.05) is 12.1 Å². The van der Waals surface area contributed by atoms with E-state index in [1.165, 1.54) is 24.2 Å². The lowest BCUT2D eigenvalue weighted by molar-refractivity contribution is 0.0935. The van der Waals surface area contributed by atoms with Gasteiger partial charge in [-0.3, -0.25) is 4.79 Å². The highest BCUT2D eigenvalue weighted by Crippen LogP contribution is 2.35. The van der Waals surface area contributed by atoms with Crippen LogP contribution in [0.1, 0.15) is 28.9 Å². The van der Waals surface area contributed by atoms with Crippen molar-refractivity contribution in [2.24, 2.45) is 0 Å². The van der Waals surface area contributed by atoms with Gasteiger partial charge in [0.05, 0.1) is 12.0 Å². The molecule has 4 rings (SSSR count). The first-order chi connectivity index (χ1) is 11.2. The Bertz CT molecular complexity index is 727. The maximum absolute atomic E-state index is 12.5. The Kier molecular flexibility index (Phi) is 3.83. The normalized spacial score (nSPS) is 25.5. The van der Waals surface area contributed by atoms with Gasteiger partial charge in [0.15, 0.2) is 0 Å². The standard InChI is InChI=1S/C18H20N2O2S/c1-22-15-5-3-2-4-12(15)16-8-9-17(23-16)18(21)20-14-10-11-6-7-13(14)19-11/h2-5,8-9,11,13-14,19H,6-7,10H2,1H3,(H,20,21)/t11-,13+,14-/m1/s1. The van der Waals surface area contributed by atoms with Crippen LogP contribution in [0.3, 0.4) is 0 Å². The van der Waals surface area contributed by atoms with Crippen molar-refractivity contribution >= 4 is 17.2 Å². The lowest BCUT2D eigenvalue weighted by Gasteiger charge is -2.21. The van der Waals surface area contributed by atoms with Gasteiger partial charge < -0.3 is 15.4 Å². The van der Waals surface area contributed by atoms with Crippen LogP contribution >= 0.6 is 11.3 Å². The molecule has 0 unspecified atom stereocenters. The fraction of sp³-hybridized carbons (Fsp3) is 0.389. The molecule has 3 atom stereocenters. The van der Waals surface area contributed by atoms with Crippen LogP contribution in [0.25, 0.3) is 10.4 Å². The lowest BCUT2D eigenvalue weighted by Crippen LogP contribution is -2.42. The number of fused-ring (bicyclic) bond motifs is 2. The van der Waals surface area contributed by atoms with E-state index in [1.807, 2.05) is 36.4 Å². The van der Waals surface area contributed by atoms with E-state index < -0.39 is 0 Å². The maximum Gasteiger partial charge on any atom is 0.261 e. The van der Waals surface area contributed by atoms with E-state index in [0.717, 1.165) is 27.5 Å². The van der Waals surface area contributed by atoms with Crippen LogP contribution in [0.2, 0.25) is 0 Å². The summed E-state index contributed by atoms with van der Waals surface area (Å²) in [7, 11) is 1.67. The number of benzene rings is 1. The molecular formula is C18H20N2O2S. The summed E-state index contributed by atoms with van der Waals surface area (Å²) in [5, 5.41) is 6.75. The van der Waals surface area contributed by atoms with Crippen LogP contribution in [0.15, 0.2) is 36.4 Å². The second-order valence-corrected chi connectivity index (χ2v) is 7.31. The monoisotopic (exact) mass is 328 g/mol. The predicted octanol–water partition coefficient (Wildman–Crippen LogP) is 3.05. The molecule has 2 aliphatic heterocycles. The SMILES string of the molecule is COc1ccccc1-c1ccc(C(=O)N[C@@H]2C[C@H]3CC[C@@H]2N3)s1. The molecule has 2 fully saturated rings. The number of para-hydroxylation sites is 1. The molecule has 1 amide bonds. The third-order valence-corrected chi connectivity index (χ3v) is 5.94. The van der Waals surface area contributed by atoms with Crippen LogP contribution in [0, 0.1) is 0 Å². The van der Waals surface area contributed by atoms with Gasteiger partial charge in [0.1, 0.15) is 5.75 Å². The maximum atomic E-state index is 12.5. The minimum absolute atomic E-state index is 0.0375. The van der Waals surface area contributed by atoms with Crippen molar-refractivity contribution in [2.75, 3.05) is 7.11 Å². The molecule has 2 saturated heterocycles. The molecule has 0 radical (unpaired) electrons. The second-order valence-electron chi connectivity index (χ2n) is 6.23. The molecule has 0 saturated carbocycles. The molecule has 3 heterocycles. The smallest absolute Gasteiger partial charge is 0.261 e. The molecule has 2 bridgehead atoms. The Morgan fingerprint density at radius 3 is 2.87 bits per heavy atom. The molecule has 120 valence electrons. The highest BCUT2D eigenvalue weighted by Gasteiger charge is 2.39. The molecule has 1 aromatic heterocycles. The Hall–Kier alpha value is -1.85. The summed E-state index contributed by atoms with van der Waals surface area (Å²) in [5.41, 5.74) is 1.03. The van der Waals surface area contributed by atoms with Crippen LogP contribution in [0.4, 0.5) is 0 Å². The number of hydrogen-bond donors (Lipinski definition) is 2. The average molecular weight is 328 g/mol. The van der Waals surface area contributed by atoms with Crippen LogP contribution in [-0.4, -0.2) is 31.1 Å². The van der Waals surface area contributed by atoms with Crippen molar-refractivity contribution in [2.45, 2.75) is 37.4 Å². The van der Waals surface area contributed by atoms with Gasteiger partial charge >= 0.3 is 0 Å². The van der Waals surface area contributed by atoms with Gasteiger partial charge in [-0.2, -0.15) is 0 Å². The summed E-state index contributed by atoms with van der Waals surface area (Å²) in [4.78, 5) is 14.3. The summed E-state index contributed by atoms with van der Waals surface area (Å²) < 4.78 is 5.41. The first-order valence-corrected chi connectivity index (χ1v) is 8.86. The topological polar surface area (TPSA) is 50.4 Å². The lowest BCUT2D eigenvalue weighted by atomic mass is 9.95. The minimum atomic E-state index is 0.0375. The highest BCUT2D eigenvalue weighted by atomic mass is 32.1. The number of amides is 1. The van der Waals surface area contributed by atoms with Gasteiger partial charge in [0.2, 0.25) is 0 Å². The first kappa shape index (κ1) is 14.7. The summed E-state index contributed by atoms with van der Waals surface area (Å²) in [5.74, 6) is 0.870. The highest BCUT2D eigenvalue weighted by molar-refractivity contribution is 7.17. The summed E-state index contributed by atoms with van der Waals surface area (Å²) in [6.45, 7) is 0. The number of thiophene rings is 1. The van der Waals surface area contributed by atoms with Crippen LogP contribution in [-0.2, 0) is 0 Å². The van der Waals surface area contributed by atoms with E-state index in [2.05, 4.69) is 10.6 Å². The number of carbonyl (C=O) groups is 1. The zero-order chi connectivity index (χ0) is 15.8. The Balaban J connectivity index is 1.50. The Labute approximate surface area is 139 Å². The summed E-state index contributed by atoms with van der Waals surface area (Å²) >= 11 is 1.51. The number of ether oxygens (including phenoxy) is 1. The zero-order valence-corrected chi connectivity index (χ0v) is 13.9. The molecule has 4 nitrogen and oxygen atoms in total.